The molecule has 0 aromatic heterocycles. The standard InChI is InChI=1S/C45H33N3O4/c46-24-27-23-35-39-33(43(50)48(45(35)52)29-14-8-3-9-15-29)20-18-30-36-26(17-16-25-10-4-1-5-11-25)22-34-38-32(21-19-31(40(36)38)37(27)41(30)39)42(49)47(44(34)51)28-12-6-2-7-13-28/h1,4-5,10-11,18-23,28-29H,2-3,6-9,12-15H2. The molecule has 0 radical (unpaired) electrons. The molecule has 6 aromatic rings. The summed E-state index contributed by atoms with van der Waals surface area (Å²) >= 11 is 0. The van der Waals surface area contributed by atoms with Gasteiger partial charge >= 0.3 is 0 Å². The number of imide groups is 2. The van der Waals surface area contributed by atoms with Crippen LogP contribution in [0.5, 0.6) is 0 Å². The third kappa shape index (κ3) is 4.20. The maximum atomic E-state index is 14.5. The van der Waals surface area contributed by atoms with Crippen molar-refractivity contribution >= 4 is 66.7 Å². The number of carbonyl (C=O) groups excluding carboxylic acids is 4. The smallest absolute Gasteiger partial charge is 0.261 e. The Balaban J connectivity index is 1.32. The lowest BCUT2D eigenvalue weighted by Gasteiger charge is -2.37. The highest BCUT2D eigenvalue weighted by molar-refractivity contribution is 6.42. The lowest BCUT2D eigenvalue weighted by atomic mass is 9.79. The number of hydrogen-bond donors (Lipinski definition) is 0. The summed E-state index contributed by atoms with van der Waals surface area (Å²) in [5, 5.41) is 15.9. The zero-order valence-electron chi connectivity index (χ0n) is 28.6. The highest BCUT2D eigenvalue weighted by atomic mass is 16.2. The largest absolute Gasteiger partial charge is 0.271 e. The van der Waals surface area contributed by atoms with E-state index in [0.29, 0.717) is 65.7 Å². The van der Waals surface area contributed by atoms with Crippen LogP contribution in [0.2, 0.25) is 0 Å². The summed E-state index contributed by atoms with van der Waals surface area (Å²) < 4.78 is 0. The second-order valence-corrected chi connectivity index (χ2v) is 14.8. The molecule has 2 fully saturated rings. The monoisotopic (exact) mass is 679 g/mol. The van der Waals surface area contributed by atoms with Crippen LogP contribution in [0.15, 0.2) is 66.7 Å². The number of carbonyl (C=O) groups is 4. The number of nitriles is 1. The van der Waals surface area contributed by atoms with Crippen molar-refractivity contribution in [2.75, 3.05) is 0 Å². The van der Waals surface area contributed by atoms with Gasteiger partial charge in [0.2, 0.25) is 0 Å². The molecule has 2 aliphatic heterocycles. The Morgan fingerprint density at radius 2 is 0.942 bits per heavy atom. The van der Waals surface area contributed by atoms with Gasteiger partial charge in [-0.2, -0.15) is 5.26 Å². The minimum atomic E-state index is -0.358. The zero-order chi connectivity index (χ0) is 35.2. The Kier molecular flexibility index (Phi) is 6.79. The minimum Gasteiger partial charge on any atom is -0.271 e. The SMILES string of the molecule is N#Cc1cc2c3c(ccc4c5c(C#Cc6ccccc6)cc6c7c(ccc(c1c34)c75)C(=O)N(C1CCCCC1)C6=O)C(=O)N(C1CCCCC1)C2=O. The van der Waals surface area contributed by atoms with Crippen molar-refractivity contribution in [3.63, 3.8) is 0 Å². The van der Waals surface area contributed by atoms with E-state index in [2.05, 4.69) is 17.9 Å². The van der Waals surface area contributed by atoms with Gasteiger partial charge in [0.15, 0.2) is 0 Å². The van der Waals surface area contributed by atoms with Gasteiger partial charge in [-0.15, -0.1) is 0 Å². The fraction of sp³-hybridized carbons (Fsp3) is 0.267. The molecule has 10 rings (SSSR count). The van der Waals surface area contributed by atoms with E-state index in [9.17, 15) is 24.4 Å². The van der Waals surface area contributed by atoms with Crippen molar-refractivity contribution in [2.24, 2.45) is 0 Å². The maximum Gasteiger partial charge on any atom is 0.261 e. The molecule has 7 nitrogen and oxygen atoms in total. The van der Waals surface area contributed by atoms with Crippen LogP contribution < -0.4 is 0 Å². The number of amides is 4. The highest BCUT2D eigenvalue weighted by Gasteiger charge is 2.42. The molecule has 0 atom stereocenters. The van der Waals surface area contributed by atoms with E-state index in [4.69, 9.17) is 0 Å². The molecule has 0 unspecified atom stereocenters. The molecule has 252 valence electrons. The van der Waals surface area contributed by atoms with Gasteiger partial charge in [0, 0.05) is 72.2 Å². The van der Waals surface area contributed by atoms with Gasteiger partial charge in [0.05, 0.1) is 17.2 Å². The molecule has 52 heavy (non-hydrogen) atoms. The first kappa shape index (κ1) is 30.7. The van der Waals surface area contributed by atoms with Gasteiger partial charge < -0.3 is 0 Å². The molecule has 2 aliphatic carbocycles. The molecule has 2 heterocycles. The quantitative estimate of drug-likeness (QED) is 0.0788. The first-order chi connectivity index (χ1) is 25.5. The average molecular weight is 680 g/mol. The molecule has 6 aromatic carbocycles. The first-order valence-electron chi connectivity index (χ1n) is 18.5. The van der Waals surface area contributed by atoms with E-state index in [0.717, 1.165) is 80.5 Å². The van der Waals surface area contributed by atoms with Crippen molar-refractivity contribution < 1.29 is 19.2 Å². The molecule has 0 saturated heterocycles. The van der Waals surface area contributed by atoms with Crippen molar-refractivity contribution in [2.45, 2.75) is 76.3 Å². The lowest BCUT2D eigenvalue weighted by Crippen LogP contribution is -2.48. The summed E-state index contributed by atoms with van der Waals surface area (Å²) in [6, 6.07) is 22.5. The van der Waals surface area contributed by atoms with Crippen molar-refractivity contribution in [1.29, 1.82) is 5.26 Å². The zero-order valence-corrected chi connectivity index (χ0v) is 28.6. The van der Waals surface area contributed by atoms with E-state index in [1.807, 2.05) is 48.5 Å². The Bertz CT molecular complexity index is 2700. The molecule has 7 heteroatoms. The summed E-state index contributed by atoms with van der Waals surface area (Å²) in [5.41, 5.74) is 3.43. The van der Waals surface area contributed by atoms with Gasteiger partial charge in [-0.1, -0.05) is 80.7 Å². The second-order valence-electron chi connectivity index (χ2n) is 14.8. The van der Waals surface area contributed by atoms with Crippen LogP contribution in [0, 0.1) is 23.2 Å². The molecule has 0 N–H and O–H groups in total. The van der Waals surface area contributed by atoms with Crippen LogP contribution >= 0.6 is 0 Å². The Labute approximate surface area is 300 Å². The summed E-state index contributed by atoms with van der Waals surface area (Å²) in [4.78, 5) is 60.3. The van der Waals surface area contributed by atoms with Crippen molar-refractivity contribution in [1.82, 2.24) is 9.80 Å². The normalized spacial score (nSPS) is 18.1. The minimum absolute atomic E-state index is 0.159. The third-order valence-corrected chi connectivity index (χ3v) is 12.0. The molecular weight excluding hydrogens is 647 g/mol. The predicted octanol–water partition coefficient (Wildman–Crippen LogP) is 8.87. The summed E-state index contributed by atoms with van der Waals surface area (Å²) in [6.07, 6.45) is 9.18. The molecule has 4 amide bonds. The van der Waals surface area contributed by atoms with Crippen molar-refractivity contribution in [3.8, 4) is 17.9 Å². The molecule has 0 spiro atoms. The van der Waals surface area contributed by atoms with Crippen LogP contribution in [0.4, 0.5) is 0 Å². The van der Waals surface area contributed by atoms with Crippen LogP contribution in [0.25, 0.3) is 43.1 Å². The van der Waals surface area contributed by atoms with Crippen LogP contribution in [0.1, 0.15) is 122 Å². The van der Waals surface area contributed by atoms with Gasteiger partial charge in [-0.25, -0.2) is 0 Å². The number of nitrogens with zero attached hydrogens (tertiary/aromatic N) is 3. The Morgan fingerprint density at radius 3 is 1.44 bits per heavy atom. The number of fused-ring (bicyclic) bond motifs is 2. The highest BCUT2D eigenvalue weighted by Crippen LogP contribution is 2.49. The molecule has 0 bridgehead atoms. The van der Waals surface area contributed by atoms with E-state index >= 15 is 0 Å². The van der Waals surface area contributed by atoms with Gasteiger partial charge in [-0.3, -0.25) is 29.0 Å². The Morgan fingerprint density at radius 1 is 0.481 bits per heavy atom. The van der Waals surface area contributed by atoms with E-state index in [1.54, 1.807) is 18.2 Å². The maximum absolute atomic E-state index is 14.5. The summed E-state index contributed by atoms with van der Waals surface area (Å²) in [5.74, 6) is 5.43. The van der Waals surface area contributed by atoms with Gasteiger partial charge in [0.25, 0.3) is 23.6 Å². The lowest BCUT2D eigenvalue weighted by molar-refractivity contribution is 0.0487. The summed E-state index contributed by atoms with van der Waals surface area (Å²) in [6.45, 7) is 0. The molecular formula is C45H33N3O4. The first-order valence-corrected chi connectivity index (χ1v) is 18.5. The second kappa shape index (κ2) is 11.5. The molecule has 2 saturated carbocycles. The van der Waals surface area contributed by atoms with E-state index in [1.165, 1.54) is 9.80 Å². The van der Waals surface area contributed by atoms with E-state index in [-0.39, 0.29) is 35.7 Å². The van der Waals surface area contributed by atoms with Gasteiger partial charge in [-0.05, 0) is 72.9 Å². The fourth-order valence-electron chi connectivity index (χ4n) is 9.69. The average Bonchev–Trinajstić information content (AvgIpc) is 3.18. The number of rotatable bonds is 2. The van der Waals surface area contributed by atoms with E-state index < -0.39 is 0 Å². The Hall–Kier alpha value is -6.05. The molecule has 4 aliphatic rings. The number of benzene rings is 6. The topological polar surface area (TPSA) is 98.6 Å². The van der Waals surface area contributed by atoms with Crippen LogP contribution in [-0.2, 0) is 0 Å². The third-order valence-electron chi connectivity index (χ3n) is 12.0. The van der Waals surface area contributed by atoms with Crippen LogP contribution in [0.3, 0.4) is 0 Å². The predicted molar refractivity (Wildman–Crippen MR) is 200 cm³/mol. The van der Waals surface area contributed by atoms with Crippen LogP contribution in [-0.4, -0.2) is 45.5 Å². The fourth-order valence-corrected chi connectivity index (χ4v) is 9.69. The summed E-state index contributed by atoms with van der Waals surface area (Å²) in [7, 11) is 0. The number of hydrogen-bond acceptors (Lipinski definition) is 5. The van der Waals surface area contributed by atoms with Crippen molar-refractivity contribution in [3.05, 3.63) is 106 Å². The van der Waals surface area contributed by atoms with Gasteiger partial charge in [0.1, 0.15) is 0 Å².